The molecule has 0 unspecified atom stereocenters. The van der Waals surface area contributed by atoms with Crippen molar-refractivity contribution in [2.24, 2.45) is 4.99 Å². The standard InChI is InChI=1S/C24H17ClN2O2S/c1-3-13-29-21-12-11-16-7-4-5-8-17(16)18(21)14-22-23(28)27-24(30-22)26-20-10-6-9-19(25)15(20)2/h1,4-12,14H,13H2,2H3,(H,26,27,28)/b22-14+. The predicted molar refractivity (Wildman–Crippen MR) is 125 cm³/mol. The lowest BCUT2D eigenvalue weighted by Crippen LogP contribution is -2.19. The molecular weight excluding hydrogens is 416 g/mol. The number of nitrogens with zero attached hydrogens (tertiary/aromatic N) is 1. The van der Waals surface area contributed by atoms with Crippen LogP contribution in [0.15, 0.2) is 64.5 Å². The Kier molecular flexibility index (Phi) is 5.80. The van der Waals surface area contributed by atoms with Crippen molar-refractivity contribution in [1.29, 1.82) is 0 Å². The highest BCUT2D eigenvalue weighted by atomic mass is 35.5. The minimum absolute atomic E-state index is 0.147. The van der Waals surface area contributed by atoms with E-state index in [-0.39, 0.29) is 12.5 Å². The highest BCUT2D eigenvalue weighted by molar-refractivity contribution is 8.18. The lowest BCUT2D eigenvalue weighted by molar-refractivity contribution is -0.115. The molecule has 30 heavy (non-hydrogen) atoms. The summed E-state index contributed by atoms with van der Waals surface area (Å²) in [7, 11) is 0. The minimum atomic E-state index is -0.214. The molecule has 0 aromatic heterocycles. The van der Waals surface area contributed by atoms with Crippen molar-refractivity contribution in [3.8, 4) is 18.1 Å². The Bertz CT molecular complexity index is 1260. The molecule has 0 atom stereocenters. The molecule has 148 valence electrons. The maximum absolute atomic E-state index is 12.6. The van der Waals surface area contributed by atoms with Crippen molar-refractivity contribution in [2.45, 2.75) is 6.92 Å². The zero-order valence-corrected chi connectivity index (χ0v) is 17.7. The Morgan fingerprint density at radius 1 is 1.20 bits per heavy atom. The monoisotopic (exact) mass is 432 g/mol. The normalized spacial score (nSPS) is 16.1. The summed E-state index contributed by atoms with van der Waals surface area (Å²) in [6, 6.07) is 17.3. The van der Waals surface area contributed by atoms with Crippen LogP contribution in [-0.4, -0.2) is 17.7 Å². The molecule has 0 radical (unpaired) electrons. The van der Waals surface area contributed by atoms with Gasteiger partial charge in [-0.25, -0.2) is 4.99 Å². The van der Waals surface area contributed by atoms with Crippen LogP contribution in [0.5, 0.6) is 5.75 Å². The van der Waals surface area contributed by atoms with Crippen LogP contribution in [0.1, 0.15) is 11.1 Å². The van der Waals surface area contributed by atoms with Crippen LogP contribution < -0.4 is 10.1 Å². The Morgan fingerprint density at radius 3 is 2.87 bits per heavy atom. The Morgan fingerprint density at radius 2 is 2.03 bits per heavy atom. The second kappa shape index (κ2) is 8.66. The van der Waals surface area contributed by atoms with Gasteiger partial charge in [-0.2, -0.15) is 0 Å². The lowest BCUT2D eigenvalue weighted by atomic mass is 10.0. The summed E-state index contributed by atoms with van der Waals surface area (Å²) >= 11 is 7.45. The highest BCUT2D eigenvalue weighted by Gasteiger charge is 2.25. The average Bonchev–Trinajstić information content (AvgIpc) is 3.09. The fraction of sp³-hybridized carbons (Fsp3) is 0.0833. The first-order valence-electron chi connectivity index (χ1n) is 9.19. The maximum Gasteiger partial charge on any atom is 0.264 e. The first-order valence-corrected chi connectivity index (χ1v) is 10.4. The third kappa shape index (κ3) is 4.06. The van der Waals surface area contributed by atoms with Crippen molar-refractivity contribution < 1.29 is 9.53 Å². The van der Waals surface area contributed by atoms with Crippen LogP contribution in [0, 0.1) is 19.3 Å². The van der Waals surface area contributed by atoms with Crippen molar-refractivity contribution in [3.05, 3.63) is 75.7 Å². The molecular formula is C24H17ClN2O2S. The van der Waals surface area contributed by atoms with Gasteiger partial charge in [0.2, 0.25) is 0 Å². The number of nitrogens with one attached hydrogen (secondary N) is 1. The first-order chi connectivity index (χ1) is 14.6. The summed E-state index contributed by atoms with van der Waals surface area (Å²) in [5.74, 6) is 2.90. The molecule has 0 spiro atoms. The zero-order chi connectivity index (χ0) is 21.1. The van der Waals surface area contributed by atoms with E-state index in [1.54, 1.807) is 0 Å². The van der Waals surface area contributed by atoms with E-state index in [2.05, 4.69) is 16.2 Å². The van der Waals surface area contributed by atoms with Gasteiger partial charge in [0.15, 0.2) is 5.17 Å². The summed E-state index contributed by atoms with van der Waals surface area (Å²) in [5.41, 5.74) is 2.38. The number of rotatable bonds is 4. The Hall–Kier alpha value is -3.20. The molecule has 3 aromatic carbocycles. The number of terminal acetylenes is 1. The second-order valence-electron chi connectivity index (χ2n) is 6.56. The van der Waals surface area contributed by atoms with Gasteiger partial charge in [-0.15, -0.1) is 6.42 Å². The lowest BCUT2D eigenvalue weighted by Gasteiger charge is -2.10. The number of aliphatic imine (C=N–C) groups is 1. The topological polar surface area (TPSA) is 50.7 Å². The van der Waals surface area contributed by atoms with Gasteiger partial charge in [0.05, 0.1) is 10.6 Å². The molecule has 1 aliphatic rings. The Balaban J connectivity index is 1.74. The van der Waals surface area contributed by atoms with Crippen LogP contribution >= 0.6 is 23.4 Å². The molecule has 0 saturated carbocycles. The van der Waals surface area contributed by atoms with E-state index in [0.717, 1.165) is 27.6 Å². The molecule has 4 nitrogen and oxygen atoms in total. The van der Waals surface area contributed by atoms with Crippen LogP contribution in [-0.2, 0) is 4.79 Å². The molecule has 3 aromatic rings. The molecule has 1 heterocycles. The molecule has 1 saturated heterocycles. The largest absolute Gasteiger partial charge is 0.480 e. The van der Waals surface area contributed by atoms with Crippen molar-refractivity contribution in [3.63, 3.8) is 0 Å². The number of benzene rings is 3. The van der Waals surface area contributed by atoms with Crippen molar-refractivity contribution >= 4 is 57.0 Å². The third-order valence-electron chi connectivity index (χ3n) is 4.63. The predicted octanol–water partition coefficient (Wildman–Crippen LogP) is 5.71. The molecule has 1 aliphatic heterocycles. The van der Waals surface area contributed by atoms with Crippen LogP contribution in [0.25, 0.3) is 16.8 Å². The van der Waals surface area contributed by atoms with E-state index in [9.17, 15) is 4.79 Å². The van der Waals surface area contributed by atoms with Gasteiger partial charge in [0, 0.05) is 10.6 Å². The fourth-order valence-electron chi connectivity index (χ4n) is 3.11. The van der Waals surface area contributed by atoms with Gasteiger partial charge in [-0.1, -0.05) is 53.9 Å². The summed E-state index contributed by atoms with van der Waals surface area (Å²) in [4.78, 5) is 17.7. The SMILES string of the molecule is C#CCOc1ccc2ccccc2c1/C=C1/SC(=Nc2cccc(Cl)c2C)NC1=O. The van der Waals surface area contributed by atoms with Gasteiger partial charge in [0.25, 0.3) is 5.91 Å². The quantitative estimate of drug-likeness (QED) is 0.424. The third-order valence-corrected chi connectivity index (χ3v) is 5.95. The van der Waals surface area contributed by atoms with E-state index >= 15 is 0 Å². The summed E-state index contributed by atoms with van der Waals surface area (Å²) in [6.45, 7) is 2.04. The van der Waals surface area contributed by atoms with E-state index < -0.39 is 0 Å². The maximum atomic E-state index is 12.6. The molecule has 0 aliphatic carbocycles. The molecule has 1 amide bonds. The van der Waals surface area contributed by atoms with Gasteiger partial charge in [0.1, 0.15) is 12.4 Å². The van der Waals surface area contributed by atoms with Gasteiger partial charge >= 0.3 is 0 Å². The first kappa shape index (κ1) is 20.1. The number of fused-ring (bicyclic) bond motifs is 1. The van der Waals surface area contributed by atoms with Crippen LogP contribution in [0.2, 0.25) is 5.02 Å². The number of amides is 1. The zero-order valence-electron chi connectivity index (χ0n) is 16.1. The molecule has 1 fully saturated rings. The van der Waals surface area contributed by atoms with Crippen LogP contribution in [0.4, 0.5) is 5.69 Å². The molecule has 6 heteroatoms. The van der Waals surface area contributed by atoms with Crippen LogP contribution in [0.3, 0.4) is 0 Å². The molecule has 4 rings (SSSR count). The number of hydrogen-bond acceptors (Lipinski definition) is 4. The number of thioether (sulfide) groups is 1. The number of carbonyl (C=O) groups excluding carboxylic acids is 1. The van der Waals surface area contributed by atoms with E-state index in [0.29, 0.717) is 20.8 Å². The average molecular weight is 433 g/mol. The van der Waals surface area contributed by atoms with Gasteiger partial charge in [-0.3, -0.25) is 4.79 Å². The van der Waals surface area contributed by atoms with Crippen molar-refractivity contribution in [2.75, 3.05) is 6.61 Å². The fourth-order valence-corrected chi connectivity index (χ4v) is 4.09. The molecule has 0 bridgehead atoms. The number of ether oxygens (including phenoxy) is 1. The summed E-state index contributed by atoms with van der Waals surface area (Å²) < 4.78 is 5.72. The Labute approximate surface area is 184 Å². The summed E-state index contributed by atoms with van der Waals surface area (Å²) in [6.07, 6.45) is 7.18. The number of carbonyl (C=O) groups is 1. The second-order valence-corrected chi connectivity index (χ2v) is 7.99. The summed E-state index contributed by atoms with van der Waals surface area (Å²) in [5, 5.41) is 5.98. The van der Waals surface area contributed by atoms with E-state index in [4.69, 9.17) is 22.8 Å². The minimum Gasteiger partial charge on any atom is -0.480 e. The van der Waals surface area contributed by atoms with E-state index in [1.165, 1.54) is 11.8 Å². The number of halogens is 1. The van der Waals surface area contributed by atoms with E-state index in [1.807, 2.05) is 67.6 Å². The van der Waals surface area contributed by atoms with Gasteiger partial charge in [-0.05, 0) is 59.3 Å². The molecule has 1 N–H and O–H groups in total. The number of hydrogen-bond donors (Lipinski definition) is 1. The number of amidine groups is 1. The van der Waals surface area contributed by atoms with Crippen molar-refractivity contribution in [1.82, 2.24) is 5.32 Å². The smallest absolute Gasteiger partial charge is 0.264 e. The van der Waals surface area contributed by atoms with Gasteiger partial charge < -0.3 is 10.1 Å². The highest BCUT2D eigenvalue weighted by Crippen LogP contribution is 2.35.